The predicted octanol–water partition coefficient (Wildman–Crippen LogP) is 2.70. The zero-order valence-corrected chi connectivity index (χ0v) is 17.9. The van der Waals surface area contributed by atoms with Gasteiger partial charge in [0.05, 0.1) is 32.1 Å². The summed E-state index contributed by atoms with van der Waals surface area (Å²) in [6.45, 7) is 4.08. The summed E-state index contributed by atoms with van der Waals surface area (Å²) < 4.78 is 27.6. The summed E-state index contributed by atoms with van der Waals surface area (Å²) in [5.41, 5.74) is 2.75. The fourth-order valence-electron chi connectivity index (χ4n) is 3.53. The van der Waals surface area contributed by atoms with Gasteiger partial charge in [-0.25, -0.2) is 19.2 Å². The number of nitrogens with zero attached hydrogens (tertiary/aromatic N) is 5. The standard InChI is InChI=1S/C20H25N5O3S/c1-13-12-28-9-8-25(13)18-11-17(24-29(3,4)26)22-20(23-18)15-10-19(27-2)21-16-7-5-6-14(15)16/h5-6,10-11,13H,7-9,12H2,1-4H3/t13-/m1/s1. The topological polar surface area (TPSA) is 89.8 Å². The Labute approximate surface area is 171 Å². The van der Waals surface area contributed by atoms with Crippen LogP contribution >= 0.6 is 0 Å². The number of anilines is 1. The van der Waals surface area contributed by atoms with Crippen LogP contribution in [0.25, 0.3) is 17.5 Å². The number of pyridine rings is 1. The van der Waals surface area contributed by atoms with E-state index < -0.39 is 9.73 Å². The smallest absolute Gasteiger partial charge is 0.213 e. The third-order valence-corrected chi connectivity index (χ3v) is 5.46. The lowest BCUT2D eigenvalue weighted by molar-refractivity contribution is 0.0985. The molecule has 0 radical (unpaired) electrons. The number of allylic oxidation sites excluding steroid dienone is 1. The van der Waals surface area contributed by atoms with E-state index in [-0.39, 0.29) is 6.04 Å². The summed E-state index contributed by atoms with van der Waals surface area (Å²) in [4.78, 5) is 16.2. The fourth-order valence-corrected chi connectivity index (χ4v) is 4.07. The minimum atomic E-state index is -2.37. The Bertz CT molecular complexity index is 1080. The Hall–Kier alpha value is -2.52. The molecule has 0 bridgehead atoms. The van der Waals surface area contributed by atoms with Crippen molar-refractivity contribution in [3.8, 4) is 17.3 Å². The van der Waals surface area contributed by atoms with E-state index in [4.69, 9.17) is 14.5 Å². The minimum absolute atomic E-state index is 0.171. The number of rotatable bonds is 4. The van der Waals surface area contributed by atoms with Crippen LogP contribution in [0.1, 0.15) is 18.2 Å². The van der Waals surface area contributed by atoms with Crippen LogP contribution < -0.4 is 9.64 Å². The summed E-state index contributed by atoms with van der Waals surface area (Å²) in [5.74, 6) is 2.20. The maximum atomic E-state index is 12.3. The molecule has 9 heteroatoms. The molecule has 29 heavy (non-hydrogen) atoms. The molecule has 2 aromatic heterocycles. The lowest BCUT2D eigenvalue weighted by Gasteiger charge is -2.34. The molecule has 0 aromatic carbocycles. The molecule has 0 saturated carbocycles. The number of hydrogen-bond donors (Lipinski definition) is 0. The molecule has 1 aliphatic carbocycles. The van der Waals surface area contributed by atoms with E-state index in [1.807, 2.05) is 12.1 Å². The number of methoxy groups -OCH3 is 1. The van der Waals surface area contributed by atoms with Gasteiger partial charge in [0.15, 0.2) is 11.6 Å². The van der Waals surface area contributed by atoms with Crippen LogP contribution in [0, 0.1) is 0 Å². The normalized spacial score (nSPS) is 18.6. The van der Waals surface area contributed by atoms with E-state index in [1.54, 1.807) is 25.7 Å². The average molecular weight is 416 g/mol. The highest BCUT2D eigenvalue weighted by atomic mass is 32.2. The second kappa shape index (κ2) is 7.72. The number of fused-ring (bicyclic) bond motifs is 1. The highest BCUT2D eigenvalue weighted by Crippen LogP contribution is 2.34. The van der Waals surface area contributed by atoms with Crippen molar-refractivity contribution >= 4 is 27.4 Å². The van der Waals surface area contributed by atoms with Gasteiger partial charge in [-0.05, 0) is 6.92 Å². The van der Waals surface area contributed by atoms with Crippen LogP contribution in [-0.2, 0) is 20.9 Å². The molecule has 0 N–H and O–H groups in total. The van der Waals surface area contributed by atoms with Crippen LogP contribution in [0.2, 0.25) is 0 Å². The van der Waals surface area contributed by atoms with E-state index in [0.717, 1.165) is 35.6 Å². The van der Waals surface area contributed by atoms with Crippen molar-refractivity contribution in [1.82, 2.24) is 15.0 Å². The number of morpholine rings is 1. The minimum Gasteiger partial charge on any atom is -0.481 e. The highest BCUT2D eigenvalue weighted by Gasteiger charge is 2.24. The van der Waals surface area contributed by atoms with Gasteiger partial charge in [-0.15, -0.1) is 0 Å². The largest absolute Gasteiger partial charge is 0.481 e. The van der Waals surface area contributed by atoms with Crippen LogP contribution in [-0.4, -0.2) is 64.6 Å². The molecule has 1 fully saturated rings. The first-order valence-electron chi connectivity index (χ1n) is 9.49. The van der Waals surface area contributed by atoms with E-state index >= 15 is 0 Å². The van der Waals surface area contributed by atoms with Gasteiger partial charge in [0.25, 0.3) is 0 Å². The number of hydrogen-bond acceptors (Lipinski definition) is 8. The van der Waals surface area contributed by atoms with Crippen LogP contribution in [0.4, 0.5) is 11.6 Å². The fraction of sp³-hybridized carbons (Fsp3) is 0.450. The van der Waals surface area contributed by atoms with Crippen molar-refractivity contribution in [3.63, 3.8) is 0 Å². The first-order chi connectivity index (χ1) is 13.8. The predicted molar refractivity (Wildman–Crippen MR) is 114 cm³/mol. The molecule has 154 valence electrons. The molecule has 0 amide bonds. The van der Waals surface area contributed by atoms with Gasteiger partial charge in [0, 0.05) is 58.5 Å². The number of ether oxygens (including phenoxy) is 2. The third-order valence-electron chi connectivity index (χ3n) is 4.83. The molecule has 1 saturated heterocycles. The lowest BCUT2D eigenvalue weighted by atomic mass is 10.1. The second-order valence-electron chi connectivity index (χ2n) is 7.48. The van der Waals surface area contributed by atoms with Gasteiger partial charge in [0.2, 0.25) is 5.88 Å². The van der Waals surface area contributed by atoms with E-state index in [2.05, 4.69) is 32.2 Å². The SMILES string of the molecule is COc1cc(-c2nc(N=S(C)(C)=O)cc(N3CCOC[C@H]3C)n2)c2c(n1)CC=C2. The second-order valence-corrected chi connectivity index (χ2v) is 10.0. The van der Waals surface area contributed by atoms with Gasteiger partial charge in [-0.1, -0.05) is 12.2 Å². The van der Waals surface area contributed by atoms with Gasteiger partial charge in [-0.3, -0.25) is 0 Å². The summed E-state index contributed by atoms with van der Waals surface area (Å²) in [6, 6.07) is 3.81. The maximum Gasteiger partial charge on any atom is 0.213 e. The quantitative estimate of drug-likeness (QED) is 0.758. The molecule has 2 aliphatic rings. The zero-order chi connectivity index (χ0) is 20.6. The van der Waals surface area contributed by atoms with Crippen molar-refractivity contribution in [2.45, 2.75) is 19.4 Å². The molecule has 4 rings (SSSR count). The molecule has 0 spiro atoms. The Kier molecular flexibility index (Phi) is 5.26. The van der Waals surface area contributed by atoms with Crippen molar-refractivity contribution in [2.24, 2.45) is 4.36 Å². The molecule has 1 aliphatic heterocycles. The van der Waals surface area contributed by atoms with Gasteiger partial charge >= 0.3 is 0 Å². The molecular formula is C20H25N5O3S. The van der Waals surface area contributed by atoms with Crippen molar-refractivity contribution in [1.29, 1.82) is 0 Å². The maximum absolute atomic E-state index is 12.3. The van der Waals surface area contributed by atoms with Crippen molar-refractivity contribution < 1.29 is 13.7 Å². The number of aromatic nitrogens is 3. The van der Waals surface area contributed by atoms with E-state index in [9.17, 15) is 4.21 Å². The van der Waals surface area contributed by atoms with E-state index in [0.29, 0.717) is 30.7 Å². The Morgan fingerprint density at radius 1 is 1.28 bits per heavy atom. The molecular weight excluding hydrogens is 390 g/mol. The average Bonchev–Trinajstić information content (AvgIpc) is 3.14. The van der Waals surface area contributed by atoms with Gasteiger partial charge < -0.3 is 14.4 Å². The molecule has 2 aromatic rings. The van der Waals surface area contributed by atoms with E-state index in [1.165, 1.54) is 0 Å². The summed E-state index contributed by atoms with van der Waals surface area (Å²) in [5, 5.41) is 0. The van der Waals surface area contributed by atoms with Crippen LogP contribution in [0.5, 0.6) is 5.88 Å². The first-order valence-corrected chi connectivity index (χ1v) is 11.8. The highest BCUT2D eigenvalue weighted by molar-refractivity contribution is 7.92. The zero-order valence-electron chi connectivity index (χ0n) is 17.1. The molecule has 1 atom stereocenters. The first kappa shape index (κ1) is 19.8. The Morgan fingerprint density at radius 2 is 2.10 bits per heavy atom. The molecule has 3 heterocycles. The third kappa shape index (κ3) is 4.25. The Balaban J connectivity index is 1.91. The molecule has 0 unspecified atom stereocenters. The summed E-state index contributed by atoms with van der Waals surface area (Å²) >= 11 is 0. The monoisotopic (exact) mass is 415 g/mol. The van der Waals surface area contributed by atoms with Crippen molar-refractivity contribution in [2.75, 3.05) is 44.3 Å². The van der Waals surface area contributed by atoms with Crippen LogP contribution in [0.15, 0.2) is 22.6 Å². The van der Waals surface area contributed by atoms with Gasteiger partial charge in [0.1, 0.15) is 5.82 Å². The van der Waals surface area contributed by atoms with Crippen LogP contribution in [0.3, 0.4) is 0 Å². The lowest BCUT2D eigenvalue weighted by Crippen LogP contribution is -2.44. The summed E-state index contributed by atoms with van der Waals surface area (Å²) in [6.07, 6.45) is 8.03. The van der Waals surface area contributed by atoms with Crippen molar-refractivity contribution in [3.05, 3.63) is 29.5 Å². The molecule has 8 nitrogen and oxygen atoms in total. The summed E-state index contributed by atoms with van der Waals surface area (Å²) in [7, 11) is -0.776. The van der Waals surface area contributed by atoms with Gasteiger partial charge in [-0.2, -0.15) is 4.36 Å². The Morgan fingerprint density at radius 3 is 2.83 bits per heavy atom.